The summed E-state index contributed by atoms with van der Waals surface area (Å²) in [5.74, 6) is 0.852. The minimum Gasteiger partial charge on any atom is -0.342 e. The van der Waals surface area contributed by atoms with Crippen molar-refractivity contribution >= 4 is 18.3 Å². The molecule has 0 radical (unpaired) electrons. The predicted octanol–water partition coefficient (Wildman–Crippen LogP) is 1.87. The maximum atomic E-state index is 12.3. The summed E-state index contributed by atoms with van der Waals surface area (Å²) >= 11 is 0. The van der Waals surface area contributed by atoms with Crippen molar-refractivity contribution in [2.24, 2.45) is 11.7 Å². The zero-order chi connectivity index (χ0) is 13.8. The van der Waals surface area contributed by atoms with Crippen LogP contribution in [0.25, 0.3) is 0 Å². The average Bonchev–Trinajstić information content (AvgIpc) is 2.87. The van der Waals surface area contributed by atoms with E-state index in [-0.39, 0.29) is 24.4 Å². The number of halogens is 1. The van der Waals surface area contributed by atoms with E-state index in [1.54, 1.807) is 0 Å². The fourth-order valence-corrected chi connectivity index (χ4v) is 3.41. The lowest BCUT2D eigenvalue weighted by molar-refractivity contribution is -0.133. The van der Waals surface area contributed by atoms with E-state index in [2.05, 4.69) is 11.8 Å². The quantitative estimate of drug-likeness (QED) is 0.862. The molecule has 118 valence electrons. The Morgan fingerprint density at radius 2 is 1.95 bits per heavy atom. The predicted molar refractivity (Wildman–Crippen MR) is 85.1 cm³/mol. The van der Waals surface area contributed by atoms with Crippen molar-refractivity contribution < 1.29 is 4.79 Å². The van der Waals surface area contributed by atoms with Crippen LogP contribution in [0.5, 0.6) is 0 Å². The first-order valence-corrected chi connectivity index (χ1v) is 7.81. The van der Waals surface area contributed by atoms with Crippen LogP contribution in [0.1, 0.15) is 45.4 Å². The molecule has 1 saturated carbocycles. The standard InChI is InChI=1S/C15H29N3O.ClH/c1-12(16)13-8-9-18(10-13)11-15(19)17(2)14-6-4-3-5-7-14;/h12-14H,3-11,16H2,1-2H3;1H. The van der Waals surface area contributed by atoms with Crippen LogP contribution < -0.4 is 5.73 Å². The van der Waals surface area contributed by atoms with Crippen LogP contribution in [0.3, 0.4) is 0 Å². The molecule has 2 rings (SSSR count). The van der Waals surface area contributed by atoms with Crippen molar-refractivity contribution in [2.75, 3.05) is 26.7 Å². The van der Waals surface area contributed by atoms with Crippen LogP contribution in [0.4, 0.5) is 0 Å². The Morgan fingerprint density at radius 3 is 2.50 bits per heavy atom. The van der Waals surface area contributed by atoms with Crippen molar-refractivity contribution in [3.8, 4) is 0 Å². The molecule has 1 aliphatic carbocycles. The van der Waals surface area contributed by atoms with Gasteiger partial charge in [-0.2, -0.15) is 0 Å². The van der Waals surface area contributed by atoms with Gasteiger partial charge < -0.3 is 10.6 Å². The van der Waals surface area contributed by atoms with Crippen LogP contribution in [0.15, 0.2) is 0 Å². The highest BCUT2D eigenvalue weighted by atomic mass is 35.5. The monoisotopic (exact) mass is 303 g/mol. The Kier molecular flexibility index (Phi) is 7.27. The number of likely N-dealkylation sites (N-methyl/N-ethyl adjacent to an activating group) is 1. The molecule has 2 atom stereocenters. The molecule has 5 heteroatoms. The number of likely N-dealkylation sites (tertiary alicyclic amines) is 1. The van der Waals surface area contributed by atoms with Gasteiger partial charge in [0, 0.05) is 25.7 Å². The number of rotatable bonds is 4. The zero-order valence-corrected chi connectivity index (χ0v) is 13.7. The van der Waals surface area contributed by atoms with Crippen molar-refractivity contribution in [3.05, 3.63) is 0 Å². The SMILES string of the molecule is CC(N)C1CCN(CC(=O)N(C)C2CCCCC2)C1.Cl. The molecule has 20 heavy (non-hydrogen) atoms. The second kappa shape index (κ2) is 8.20. The van der Waals surface area contributed by atoms with Gasteiger partial charge in [0.25, 0.3) is 0 Å². The second-order valence-electron chi connectivity index (χ2n) is 6.44. The normalized spacial score (nSPS) is 26.1. The number of hydrogen-bond donors (Lipinski definition) is 1. The number of hydrogen-bond acceptors (Lipinski definition) is 3. The highest BCUT2D eigenvalue weighted by molar-refractivity contribution is 5.85. The molecule has 0 spiro atoms. The maximum Gasteiger partial charge on any atom is 0.236 e. The summed E-state index contributed by atoms with van der Waals surface area (Å²) in [6.45, 7) is 4.67. The molecule has 0 bridgehead atoms. The van der Waals surface area contributed by atoms with Crippen LogP contribution in [-0.4, -0.2) is 54.5 Å². The molecule has 2 N–H and O–H groups in total. The van der Waals surface area contributed by atoms with Crippen LogP contribution in [0, 0.1) is 5.92 Å². The number of carbonyl (C=O) groups excluding carboxylic acids is 1. The van der Waals surface area contributed by atoms with Gasteiger partial charge in [0.15, 0.2) is 0 Å². The first-order chi connectivity index (χ1) is 9.08. The van der Waals surface area contributed by atoms with E-state index < -0.39 is 0 Å². The summed E-state index contributed by atoms with van der Waals surface area (Å²) in [6.07, 6.45) is 7.39. The number of nitrogens with two attached hydrogens (primary N) is 1. The summed E-state index contributed by atoms with van der Waals surface area (Å²) in [4.78, 5) is 16.6. The molecule has 1 amide bonds. The topological polar surface area (TPSA) is 49.6 Å². The molecule has 1 heterocycles. The molecule has 4 nitrogen and oxygen atoms in total. The summed E-state index contributed by atoms with van der Waals surface area (Å²) in [5, 5.41) is 0. The van der Waals surface area contributed by atoms with Gasteiger partial charge in [-0.05, 0) is 38.6 Å². The van der Waals surface area contributed by atoms with E-state index in [0.717, 1.165) is 19.5 Å². The van der Waals surface area contributed by atoms with Gasteiger partial charge in [0.2, 0.25) is 5.91 Å². The van der Waals surface area contributed by atoms with Gasteiger partial charge in [0.1, 0.15) is 0 Å². The highest BCUT2D eigenvalue weighted by Crippen LogP contribution is 2.23. The Bertz CT molecular complexity index is 305. The number of carbonyl (C=O) groups is 1. The Balaban J connectivity index is 0.00000200. The highest BCUT2D eigenvalue weighted by Gasteiger charge is 2.28. The minimum absolute atomic E-state index is 0. The summed E-state index contributed by atoms with van der Waals surface area (Å²) in [5.41, 5.74) is 5.95. The molecular weight excluding hydrogens is 274 g/mol. The van der Waals surface area contributed by atoms with Crippen molar-refractivity contribution in [2.45, 2.75) is 57.5 Å². The Hall–Kier alpha value is -0.320. The molecule has 0 aromatic rings. The fraction of sp³-hybridized carbons (Fsp3) is 0.933. The third-order valence-electron chi connectivity index (χ3n) is 4.93. The molecule has 0 aromatic carbocycles. The van der Waals surface area contributed by atoms with E-state index in [4.69, 9.17) is 5.73 Å². The molecule has 0 aromatic heterocycles. The largest absolute Gasteiger partial charge is 0.342 e. The van der Waals surface area contributed by atoms with Crippen LogP contribution in [-0.2, 0) is 4.79 Å². The smallest absolute Gasteiger partial charge is 0.236 e. The lowest BCUT2D eigenvalue weighted by atomic mass is 9.94. The van der Waals surface area contributed by atoms with Gasteiger partial charge in [-0.15, -0.1) is 12.4 Å². The fourth-order valence-electron chi connectivity index (χ4n) is 3.41. The Labute approximate surface area is 129 Å². The molecular formula is C15H30ClN3O. The van der Waals surface area contributed by atoms with Gasteiger partial charge in [-0.1, -0.05) is 19.3 Å². The maximum absolute atomic E-state index is 12.3. The Morgan fingerprint density at radius 1 is 1.30 bits per heavy atom. The van der Waals surface area contributed by atoms with Gasteiger partial charge in [-0.3, -0.25) is 9.69 Å². The van der Waals surface area contributed by atoms with E-state index in [1.807, 2.05) is 11.9 Å². The van der Waals surface area contributed by atoms with E-state index in [0.29, 0.717) is 18.5 Å². The van der Waals surface area contributed by atoms with Gasteiger partial charge in [-0.25, -0.2) is 0 Å². The van der Waals surface area contributed by atoms with Gasteiger partial charge >= 0.3 is 0 Å². The lowest BCUT2D eigenvalue weighted by Gasteiger charge is -2.32. The molecule has 1 aliphatic heterocycles. The summed E-state index contributed by atoms with van der Waals surface area (Å²) < 4.78 is 0. The number of nitrogens with zero attached hydrogens (tertiary/aromatic N) is 2. The average molecular weight is 304 g/mol. The van der Waals surface area contributed by atoms with E-state index in [9.17, 15) is 4.79 Å². The first-order valence-electron chi connectivity index (χ1n) is 7.81. The lowest BCUT2D eigenvalue weighted by Crippen LogP contribution is -2.44. The zero-order valence-electron chi connectivity index (χ0n) is 12.9. The third kappa shape index (κ3) is 4.61. The van der Waals surface area contributed by atoms with E-state index >= 15 is 0 Å². The molecule has 2 aliphatic rings. The summed E-state index contributed by atoms with van der Waals surface area (Å²) in [7, 11) is 1.98. The number of amides is 1. The first kappa shape index (κ1) is 17.7. The van der Waals surface area contributed by atoms with Gasteiger partial charge in [0.05, 0.1) is 6.54 Å². The molecule has 1 saturated heterocycles. The molecule has 2 fully saturated rings. The second-order valence-corrected chi connectivity index (χ2v) is 6.44. The van der Waals surface area contributed by atoms with Crippen molar-refractivity contribution in [1.82, 2.24) is 9.80 Å². The van der Waals surface area contributed by atoms with Crippen molar-refractivity contribution in [1.29, 1.82) is 0 Å². The van der Waals surface area contributed by atoms with Crippen molar-refractivity contribution in [3.63, 3.8) is 0 Å². The summed E-state index contributed by atoms with van der Waals surface area (Å²) in [6, 6.07) is 0.726. The van der Waals surface area contributed by atoms with E-state index in [1.165, 1.54) is 32.1 Å². The van der Waals surface area contributed by atoms with Crippen LogP contribution >= 0.6 is 12.4 Å². The minimum atomic E-state index is 0. The third-order valence-corrected chi connectivity index (χ3v) is 4.93. The van der Waals surface area contributed by atoms with Crippen LogP contribution in [0.2, 0.25) is 0 Å². The molecule has 2 unspecified atom stereocenters.